The summed E-state index contributed by atoms with van der Waals surface area (Å²) in [6.45, 7) is 12.9. The summed E-state index contributed by atoms with van der Waals surface area (Å²) < 4.78 is 44.0. The monoisotopic (exact) mass is 890 g/mol. The van der Waals surface area contributed by atoms with Crippen LogP contribution in [0.15, 0.2) is 78.9 Å². The highest BCUT2D eigenvalue weighted by atomic mass is 19.1. The Balaban J connectivity index is 1.65. The number of benzene rings is 3. The Kier molecular flexibility index (Phi) is 20.5. The average molecular weight is 891 g/mol. The van der Waals surface area contributed by atoms with E-state index < -0.39 is 62.0 Å². The number of esters is 4. The number of rotatable bonds is 25. The van der Waals surface area contributed by atoms with Crippen LogP contribution in [0.2, 0.25) is 0 Å². The third-order valence-corrected chi connectivity index (χ3v) is 11.8. The van der Waals surface area contributed by atoms with E-state index >= 15 is 4.39 Å². The summed E-state index contributed by atoms with van der Waals surface area (Å²) in [6.07, 6.45) is 10.1. The van der Waals surface area contributed by atoms with Crippen molar-refractivity contribution >= 4 is 23.9 Å². The highest BCUT2D eigenvalue weighted by Gasteiger charge is 2.38. The van der Waals surface area contributed by atoms with Crippen LogP contribution >= 0.6 is 0 Å². The van der Waals surface area contributed by atoms with Crippen LogP contribution in [-0.4, -0.2) is 56.9 Å². The summed E-state index contributed by atoms with van der Waals surface area (Å²) in [4.78, 5) is 49.5. The van der Waals surface area contributed by atoms with Gasteiger partial charge in [0.05, 0.1) is 18.7 Å². The highest BCUT2D eigenvalue weighted by molar-refractivity contribution is 5.87. The van der Waals surface area contributed by atoms with Gasteiger partial charge in [0.15, 0.2) is 0 Å². The third kappa shape index (κ3) is 15.7. The zero-order chi connectivity index (χ0) is 47.4. The van der Waals surface area contributed by atoms with E-state index in [1.807, 2.05) is 43.3 Å². The Morgan fingerprint density at radius 3 is 1.89 bits per heavy atom. The van der Waals surface area contributed by atoms with Crippen molar-refractivity contribution in [2.24, 2.45) is 11.3 Å². The van der Waals surface area contributed by atoms with Crippen LogP contribution in [0.4, 0.5) is 4.39 Å². The summed E-state index contributed by atoms with van der Waals surface area (Å²) in [6, 6.07) is 20.7. The van der Waals surface area contributed by atoms with Crippen LogP contribution in [0.5, 0.6) is 5.75 Å². The number of nitrogens with zero attached hydrogens (tertiary/aromatic N) is 2. The summed E-state index contributed by atoms with van der Waals surface area (Å²) in [5.41, 5.74) is 4.78. The van der Waals surface area contributed by atoms with E-state index in [4.69, 9.17) is 34.2 Å². The standard InChI is InChI=1S/C53H63FN2O9/c1-7-9-10-12-38-14-16-40(17-15-38)41-18-22-46(47(54)31-41)43-19-21-45(39(8-2)29-43)42-20-23-48(44(30-42)13-11-28-61-51(59)36(3)4)62-32-53(33-63-49(57)24-26-55,34-64-50(58)25-27-56)35-65-52(60)37(5)6/h18-23,29-31,38,40H,3,5,7-17,24-25,28,32-35H2,1-2,4,6H3. The molecule has 0 atom stereocenters. The normalized spacial score (nSPS) is 14.6. The topological polar surface area (TPSA) is 162 Å². The van der Waals surface area contributed by atoms with Gasteiger partial charge in [0.1, 0.15) is 56.3 Å². The summed E-state index contributed by atoms with van der Waals surface area (Å²) in [7, 11) is 0. The maximum atomic E-state index is 15.9. The molecule has 0 aliphatic heterocycles. The first-order valence-corrected chi connectivity index (χ1v) is 22.6. The highest BCUT2D eigenvalue weighted by Crippen LogP contribution is 2.40. The van der Waals surface area contributed by atoms with Gasteiger partial charge in [-0.1, -0.05) is 89.1 Å². The van der Waals surface area contributed by atoms with E-state index in [0.29, 0.717) is 42.1 Å². The van der Waals surface area contributed by atoms with E-state index in [-0.39, 0.29) is 30.2 Å². The molecule has 0 heterocycles. The number of carbonyl (C=O) groups excluding carboxylic acids is 4. The first-order chi connectivity index (χ1) is 31.2. The van der Waals surface area contributed by atoms with Gasteiger partial charge in [0, 0.05) is 16.7 Å². The second-order valence-corrected chi connectivity index (χ2v) is 17.2. The lowest BCUT2D eigenvalue weighted by atomic mass is 9.77. The molecular weight excluding hydrogens is 828 g/mol. The molecule has 0 saturated heterocycles. The smallest absolute Gasteiger partial charge is 0.333 e. The van der Waals surface area contributed by atoms with Crippen molar-refractivity contribution in [3.8, 4) is 40.1 Å². The molecule has 1 fully saturated rings. The Morgan fingerprint density at radius 2 is 1.29 bits per heavy atom. The molecule has 0 radical (unpaired) electrons. The maximum Gasteiger partial charge on any atom is 0.333 e. The van der Waals surface area contributed by atoms with Gasteiger partial charge >= 0.3 is 23.9 Å². The molecular formula is C53H63FN2O9. The van der Waals surface area contributed by atoms with Crippen molar-refractivity contribution in [3.05, 3.63) is 101 Å². The molecule has 0 aromatic heterocycles. The number of hydrogen-bond donors (Lipinski definition) is 0. The van der Waals surface area contributed by atoms with Gasteiger partial charge < -0.3 is 23.7 Å². The fourth-order valence-electron chi connectivity index (χ4n) is 7.98. The summed E-state index contributed by atoms with van der Waals surface area (Å²) >= 11 is 0. The zero-order valence-electron chi connectivity index (χ0n) is 38.4. The van der Waals surface area contributed by atoms with Gasteiger partial charge in [-0.2, -0.15) is 10.5 Å². The number of halogens is 1. The van der Waals surface area contributed by atoms with E-state index in [1.54, 1.807) is 31.2 Å². The predicted molar refractivity (Wildman–Crippen MR) is 246 cm³/mol. The van der Waals surface area contributed by atoms with Crippen molar-refractivity contribution in [1.29, 1.82) is 10.5 Å². The van der Waals surface area contributed by atoms with Gasteiger partial charge in [-0.15, -0.1) is 0 Å². The number of unbranched alkanes of at least 4 members (excludes halogenated alkanes) is 2. The molecule has 12 heteroatoms. The van der Waals surface area contributed by atoms with Gasteiger partial charge in [-0.25, -0.2) is 14.0 Å². The van der Waals surface area contributed by atoms with Gasteiger partial charge in [0.25, 0.3) is 0 Å². The fourth-order valence-corrected chi connectivity index (χ4v) is 7.98. The van der Waals surface area contributed by atoms with Crippen LogP contribution in [0.3, 0.4) is 0 Å². The second-order valence-electron chi connectivity index (χ2n) is 17.2. The Hall–Kier alpha value is -6.27. The van der Waals surface area contributed by atoms with Gasteiger partial charge in [-0.3, -0.25) is 9.59 Å². The van der Waals surface area contributed by atoms with E-state index in [2.05, 4.69) is 26.1 Å². The average Bonchev–Trinajstić information content (AvgIpc) is 3.30. The molecule has 11 nitrogen and oxygen atoms in total. The molecule has 0 bridgehead atoms. The van der Waals surface area contributed by atoms with Crippen LogP contribution in [0, 0.1) is 39.8 Å². The molecule has 346 valence electrons. The minimum Gasteiger partial charge on any atom is -0.492 e. The minimum atomic E-state index is -1.49. The molecule has 4 rings (SSSR count). The van der Waals surface area contributed by atoms with Crippen LogP contribution in [0.1, 0.15) is 121 Å². The van der Waals surface area contributed by atoms with Crippen molar-refractivity contribution in [1.82, 2.24) is 0 Å². The molecule has 1 aliphatic rings. The third-order valence-electron chi connectivity index (χ3n) is 11.8. The van der Waals surface area contributed by atoms with Gasteiger partial charge in [0.2, 0.25) is 0 Å². The minimum absolute atomic E-state index is 0.0937. The van der Waals surface area contributed by atoms with Crippen molar-refractivity contribution in [2.75, 3.05) is 33.0 Å². The number of aryl methyl sites for hydroxylation is 2. The second kappa shape index (κ2) is 25.9. The van der Waals surface area contributed by atoms with Crippen LogP contribution < -0.4 is 4.74 Å². The Morgan fingerprint density at radius 1 is 0.708 bits per heavy atom. The van der Waals surface area contributed by atoms with Crippen molar-refractivity contribution in [3.63, 3.8) is 0 Å². The predicted octanol–water partition coefficient (Wildman–Crippen LogP) is 11.0. The molecule has 3 aromatic rings. The number of hydrogen-bond acceptors (Lipinski definition) is 11. The molecule has 0 spiro atoms. The Labute approximate surface area is 383 Å². The fraction of sp³-hybridized carbons (Fsp3) is 0.472. The molecule has 0 N–H and O–H groups in total. The van der Waals surface area contributed by atoms with E-state index in [0.717, 1.165) is 46.6 Å². The van der Waals surface area contributed by atoms with Crippen LogP contribution in [-0.2, 0) is 51.0 Å². The molecule has 3 aromatic carbocycles. The number of ether oxygens (including phenoxy) is 5. The van der Waals surface area contributed by atoms with Crippen LogP contribution in [0.25, 0.3) is 22.3 Å². The Bertz CT molecular complexity index is 2210. The van der Waals surface area contributed by atoms with Gasteiger partial charge in [-0.05, 0) is 122 Å². The van der Waals surface area contributed by atoms with E-state index in [1.165, 1.54) is 45.4 Å². The largest absolute Gasteiger partial charge is 0.492 e. The van der Waals surface area contributed by atoms with Crippen molar-refractivity contribution < 1.29 is 47.3 Å². The molecule has 65 heavy (non-hydrogen) atoms. The maximum absolute atomic E-state index is 15.9. The SMILES string of the molecule is C=C(C)C(=O)OCCCc1cc(-c2ccc(-c3ccc(C4CCC(CCCCC)CC4)cc3F)cc2CC)ccc1OCC(COC(=O)CC#N)(COC(=O)CC#N)COC(=O)C(=C)C. The summed E-state index contributed by atoms with van der Waals surface area (Å²) in [5.74, 6) is -1.66. The molecule has 1 aliphatic carbocycles. The molecule has 1 saturated carbocycles. The first kappa shape index (κ1) is 51.4. The summed E-state index contributed by atoms with van der Waals surface area (Å²) in [5, 5.41) is 18.1. The molecule has 0 unspecified atom stereocenters. The number of carbonyl (C=O) groups is 4. The number of nitriles is 2. The lowest BCUT2D eigenvalue weighted by Crippen LogP contribution is -2.44. The zero-order valence-corrected chi connectivity index (χ0v) is 38.4. The lowest BCUT2D eigenvalue weighted by molar-refractivity contribution is -0.162. The van der Waals surface area contributed by atoms with E-state index in [9.17, 15) is 19.2 Å². The quantitative estimate of drug-likeness (QED) is 0.0344. The lowest BCUT2D eigenvalue weighted by Gasteiger charge is -2.32. The first-order valence-electron chi connectivity index (χ1n) is 22.6. The molecule has 0 amide bonds. The van der Waals surface area contributed by atoms with Crippen molar-refractivity contribution in [2.45, 2.75) is 117 Å².